The van der Waals surface area contributed by atoms with E-state index < -0.39 is 26.7 Å². The third-order valence-corrected chi connectivity index (χ3v) is 6.66. The van der Waals surface area contributed by atoms with E-state index in [1.165, 1.54) is 42.5 Å². The largest absolute Gasteiger partial charge is 0.431 e. The first-order valence-electron chi connectivity index (χ1n) is 9.04. The summed E-state index contributed by atoms with van der Waals surface area (Å²) in [4.78, 5) is 14.3. The van der Waals surface area contributed by atoms with Gasteiger partial charge in [0.25, 0.3) is 20.9 Å². The van der Waals surface area contributed by atoms with E-state index in [1.54, 1.807) is 0 Å². The molecule has 1 aromatic heterocycles. The zero-order chi connectivity index (χ0) is 23.8. The van der Waals surface area contributed by atoms with Crippen molar-refractivity contribution in [2.45, 2.75) is 11.1 Å². The monoisotopic (exact) mass is 495 g/mol. The molecule has 0 aliphatic heterocycles. The summed E-state index contributed by atoms with van der Waals surface area (Å²) in [6.07, 6.45) is -4.57. The van der Waals surface area contributed by atoms with Gasteiger partial charge in [-0.1, -0.05) is 11.3 Å². The number of thiazole rings is 1. The van der Waals surface area contributed by atoms with E-state index in [1.807, 2.05) is 0 Å². The number of non-ortho nitro benzene ring substituents is 1. The fraction of sp³-hybridized carbons (Fsp3) is 0.0500. The predicted octanol–water partition coefficient (Wildman–Crippen LogP) is 5.82. The van der Waals surface area contributed by atoms with Gasteiger partial charge >= 0.3 is 6.18 Å². The Kier molecular flexibility index (Phi) is 5.68. The van der Waals surface area contributed by atoms with Crippen molar-refractivity contribution in [2.24, 2.45) is 0 Å². The number of fused-ring (bicyclic) bond motifs is 1. The number of aromatic nitrogens is 1. The van der Waals surface area contributed by atoms with Gasteiger partial charge in [0.2, 0.25) is 0 Å². The molecule has 4 aromatic rings. The molecule has 4 rings (SSSR count). The molecule has 0 unspecified atom stereocenters. The lowest BCUT2D eigenvalue weighted by Crippen LogP contribution is -2.13. The van der Waals surface area contributed by atoms with Gasteiger partial charge in [0, 0.05) is 17.8 Å². The second kappa shape index (κ2) is 8.33. The van der Waals surface area contributed by atoms with Crippen molar-refractivity contribution in [3.8, 4) is 10.9 Å². The number of sulfonamides is 1. The summed E-state index contributed by atoms with van der Waals surface area (Å²) in [6, 6.07) is 13.1. The Hall–Kier alpha value is -3.71. The van der Waals surface area contributed by atoms with Gasteiger partial charge in [-0.05, 0) is 54.6 Å². The molecule has 0 spiro atoms. The van der Waals surface area contributed by atoms with Gasteiger partial charge in [-0.15, -0.1) is 0 Å². The molecule has 3 aromatic carbocycles. The fourth-order valence-corrected chi connectivity index (χ4v) is 4.70. The van der Waals surface area contributed by atoms with Crippen LogP contribution in [0.1, 0.15) is 5.56 Å². The summed E-state index contributed by atoms with van der Waals surface area (Å²) < 4.78 is 71.3. The van der Waals surface area contributed by atoms with Gasteiger partial charge in [0.15, 0.2) is 0 Å². The van der Waals surface area contributed by atoms with Gasteiger partial charge in [0.1, 0.15) is 5.75 Å². The van der Waals surface area contributed by atoms with Gasteiger partial charge in [0.05, 0.1) is 25.6 Å². The van der Waals surface area contributed by atoms with Crippen molar-refractivity contribution in [1.82, 2.24) is 4.98 Å². The molecule has 1 heterocycles. The van der Waals surface area contributed by atoms with Crippen LogP contribution in [0.25, 0.3) is 10.2 Å². The zero-order valence-electron chi connectivity index (χ0n) is 16.2. The number of anilines is 1. The predicted molar refractivity (Wildman–Crippen MR) is 115 cm³/mol. The molecule has 170 valence electrons. The Balaban J connectivity index is 1.47. The number of nitro groups is 1. The number of rotatable bonds is 6. The lowest BCUT2D eigenvalue weighted by Gasteiger charge is -2.10. The van der Waals surface area contributed by atoms with Crippen LogP contribution in [-0.4, -0.2) is 18.3 Å². The fourth-order valence-electron chi connectivity index (χ4n) is 2.78. The van der Waals surface area contributed by atoms with Crippen molar-refractivity contribution in [2.75, 3.05) is 4.72 Å². The summed E-state index contributed by atoms with van der Waals surface area (Å²) in [6.45, 7) is 0. The molecule has 8 nitrogen and oxygen atoms in total. The molecular formula is C20H12F3N3O5S2. The molecule has 13 heteroatoms. The van der Waals surface area contributed by atoms with Crippen LogP contribution in [0.5, 0.6) is 10.9 Å². The van der Waals surface area contributed by atoms with Crippen LogP contribution >= 0.6 is 11.3 Å². The number of benzene rings is 3. The molecule has 0 aliphatic carbocycles. The first-order valence-corrected chi connectivity index (χ1v) is 11.3. The smallest absolute Gasteiger partial charge is 0.416 e. The highest BCUT2D eigenvalue weighted by Gasteiger charge is 2.30. The number of ether oxygens (including phenoxy) is 1. The van der Waals surface area contributed by atoms with E-state index in [0.29, 0.717) is 28.1 Å². The van der Waals surface area contributed by atoms with Crippen LogP contribution < -0.4 is 9.46 Å². The maximum atomic E-state index is 12.7. The Bertz CT molecular complexity index is 1430. The molecule has 0 radical (unpaired) electrons. The summed E-state index contributed by atoms with van der Waals surface area (Å²) in [7, 11) is -4.10. The highest BCUT2D eigenvalue weighted by molar-refractivity contribution is 7.92. The van der Waals surface area contributed by atoms with E-state index in [-0.39, 0.29) is 21.5 Å². The number of nitro benzene ring substituents is 1. The standard InChI is InChI=1S/C20H12F3N3O5S2/c21-20(22,23)12-1-8-16(9-2-12)33(29,30)25-13-3-6-15(7-4-13)31-19-24-17-10-5-14(26(27)28)11-18(17)32-19/h1-11,25H. The van der Waals surface area contributed by atoms with E-state index in [0.717, 1.165) is 23.5 Å². The summed E-state index contributed by atoms with van der Waals surface area (Å²) in [5.41, 5.74) is -0.321. The molecule has 0 bridgehead atoms. The van der Waals surface area contributed by atoms with Crippen LogP contribution in [0.3, 0.4) is 0 Å². The maximum Gasteiger partial charge on any atom is 0.416 e. The van der Waals surface area contributed by atoms with E-state index in [2.05, 4.69) is 9.71 Å². The third-order valence-electron chi connectivity index (χ3n) is 4.37. The first-order chi connectivity index (χ1) is 15.5. The molecule has 0 fully saturated rings. The zero-order valence-corrected chi connectivity index (χ0v) is 17.9. The second-order valence-corrected chi connectivity index (χ2v) is 9.32. The molecule has 0 saturated heterocycles. The third kappa shape index (κ3) is 5.04. The van der Waals surface area contributed by atoms with Crippen LogP contribution in [0, 0.1) is 10.1 Å². The molecule has 33 heavy (non-hydrogen) atoms. The average Bonchev–Trinajstić information content (AvgIpc) is 3.16. The highest BCUT2D eigenvalue weighted by atomic mass is 32.2. The van der Waals surface area contributed by atoms with E-state index >= 15 is 0 Å². The Labute approximate surface area is 188 Å². The van der Waals surface area contributed by atoms with E-state index in [4.69, 9.17) is 4.74 Å². The number of alkyl halides is 3. The summed E-state index contributed by atoms with van der Waals surface area (Å²) >= 11 is 1.11. The lowest BCUT2D eigenvalue weighted by molar-refractivity contribution is -0.384. The van der Waals surface area contributed by atoms with Crippen LogP contribution in [0.15, 0.2) is 71.6 Å². The van der Waals surface area contributed by atoms with Crippen LogP contribution in [-0.2, 0) is 16.2 Å². The highest BCUT2D eigenvalue weighted by Crippen LogP contribution is 2.34. The van der Waals surface area contributed by atoms with Crippen molar-refractivity contribution in [3.05, 3.63) is 82.4 Å². The number of hydrogen-bond donors (Lipinski definition) is 1. The van der Waals surface area contributed by atoms with Gasteiger partial charge < -0.3 is 4.74 Å². The van der Waals surface area contributed by atoms with Crippen LogP contribution in [0.4, 0.5) is 24.5 Å². The van der Waals surface area contributed by atoms with Crippen molar-refractivity contribution >= 4 is 43.0 Å². The molecular weight excluding hydrogens is 483 g/mol. The van der Waals surface area contributed by atoms with E-state index in [9.17, 15) is 31.7 Å². The number of nitrogens with zero attached hydrogens (tertiary/aromatic N) is 2. The summed E-state index contributed by atoms with van der Waals surface area (Å²) in [5.74, 6) is 0.334. The van der Waals surface area contributed by atoms with Gasteiger partial charge in [-0.3, -0.25) is 14.8 Å². The molecule has 0 saturated carbocycles. The topological polar surface area (TPSA) is 111 Å². The minimum absolute atomic E-state index is 0.0672. The second-order valence-electron chi connectivity index (χ2n) is 6.64. The molecule has 1 N–H and O–H groups in total. The van der Waals surface area contributed by atoms with Crippen molar-refractivity contribution in [3.63, 3.8) is 0 Å². The normalized spacial score (nSPS) is 12.0. The summed E-state index contributed by atoms with van der Waals surface area (Å²) in [5, 5.41) is 11.1. The number of halogens is 3. The lowest BCUT2D eigenvalue weighted by atomic mass is 10.2. The van der Waals surface area contributed by atoms with Crippen LogP contribution in [0.2, 0.25) is 0 Å². The van der Waals surface area contributed by atoms with Crippen molar-refractivity contribution in [1.29, 1.82) is 0 Å². The molecule has 0 aliphatic rings. The quantitative estimate of drug-likeness (QED) is 0.267. The minimum Gasteiger partial charge on any atom is -0.431 e. The average molecular weight is 495 g/mol. The SMILES string of the molecule is O=[N+]([O-])c1ccc2nc(Oc3ccc(NS(=O)(=O)c4ccc(C(F)(F)F)cc4)cc3)sc2c1. The first kappa shape index (κ1) is 22.5. The Morgan fingerprint density at radius 1 is 1.00 bits per heavy atom. The Morgan fingerprint density at radius 3 is 2.27 bits per heavy atom. The molecule has 0 amide bonds. The number of nitrogens with one attached hydrogen (secondary N) is 1. The minimum atomic E-state index is -4.57. The Morgan fingerprint density at radius 2 is 1.67 bits per heavy atom. The van der Waals surface area contributed by atoms with Gasteiger partial charge in [-0.25, -0.2) is 13.4 Å². The van der Waals surface area contributed by atoms with Gasteiger partial charge in [-0.2, -0.15) is 13.2 Å². The number of hydrogen-bond acceptors (Lipinski definition) is 7. The van der Waals surface area contributed by atoms with Crippen molar-refractivity contribution < 1.29 is 31.2 Å². The maximum absolute atomic E-state index is 12.7. The molecule has 0 atom stereocenters.